The van der Waals surface area contributed by atoms with Crippen molar-refractivity contribution in [2.75, 3.05) is 24.7 Å². The van der Waals surface area contributed by atoms with Gasteiger partial charge < -0.3 is 14.2 Å². The van der Waals surface area contributed by atoms with E-state index in [1.165, 1.54) is 4.90 Å². The Morgan fingerprint density at radius 2 is 2.07 bits per heavy atom. The van der Waals surface area contributed by atoms with Gasteiger partial charge in [-0.2, -0.15) is 0 Å². The molecular formula is C22H28N2O5S. The van der Waals surface area contributed by atoms with Crippen molar-refractivity contribution in [1.29, 1.82) is 0 Å². The molecule has 0 bridgehead atoms. The van der Waals surface area contributed by atoms with Crippen LogP contribution in [-0.2, 0) is 19.1 Å². The molecule has 0 saturated heterocycles. The highest BCUT2D eigenvalue weighted by molar-refractivity contribution is 7.11. The summed E-state index contributed by atoms with van der Waals surface area (Å²) in [6.45, 7) is 10.4. The van der Waals surface area contributed by atoms with Crippen LogP contribution < -0.4 is 9.64 Å². The number of aryl methyl sites for hydroxylation is 2. The third kappa shape index (κ3) is 4.49. The molecule has 2 heterocycles. The molecule has 8 heteroatoms. The van der Waals surface area contributed by atoms with E-state index < -0.39 is 18.1 Å². The minimum atomic E-state index is -0.738. The maximum absolute atomic E-state index is 13.0. The Balaban J connectivity index is 1.96. The van der Waals surface area contributed by atoms with Gasteiger partial charge in [0.1, 0.15) is 18.4 Å². The number of hydrogen-bond acceptors (Lipinski definition) is 7. The van der Waals surface area contributed by atoms with Crippen LogP contribution in [0.5, 0.6) is 5.75 Å². The van der Waals surface area contributed by atoms with Crippen molar-refractivity contribution in [1.82, 2.24) is 4.98 Å². The van der Waals surface area contributed by atoms with Gasteiger partial charge in [-0.15, -0.1) is 11.3 Å². The third-order valence-electron chi connectivity index (χ3n) is 4.93. The van der Waals surface area contributed by atoms with Crippen molar-refractivity contribution in [3.8, 4) is 17.0 Å². The number of esters is 1. The number of benzene rings is 1. The Labute approximate surface area is 181 Å². The fraction of sp³-hybridized carbons (Fsp3) is 0.500. The number of ether oxygens (including phenoxy) is 3. The summed E-state index contributed by atoms with van der Waals surface area (Å²) in [5.41, 5.74) is 2.32. The first-order chi connectivity index (χ1) is 14.4. The first kappa shape index (κ1) is 22.2. The zero-order valence-electron chi connectivity index (χ0n) is 18.1. The van der Waals surface area contributed by atoms with Crippen LogP contribution in [0.3, 0.4) is 0 Å². The molecule has 2 atom stereocenters. The highest BCUT2D eigenvalue weighted by Gasteiger charge is 2.39. The molecule has 30 heavy (non-hydrogen) atoms. The second-order valence-electron chi connectivity index (χ2n) is 7.08. The average molecular weight is 433 g/mol. The molecule has 0 N–H and O–H groups in total. The van der Waals surface area contributed by atoms with Crippen LogP contribution in [-0.4, -0.2) is 48.8 Å². The van der Waals surface area contributed by atoms with Crippen molar-refractivity contribution >= 4 is 28.9 Å². The molecule has 0 spiro atoms. The average Bonchev–Trinajstić information content (AvgIpc) is 3.06. The molecule has 162 valence electrons. The molecule has 2 unspecified atom stereocenters. The zero-order chi connectivity index (χ0) is 21.8. The van der Waals surface area contributed by atoms with Crippen LogP contribution in [0.2, 0.25) is 0 Å². The molecule has 0 saturated carbocycles. The maximum atomic E-state index is 13.0. The number of hydrogen-bond donors (Lipinski definition) is 0. The predicted molar refractivity (Wildman–Crippen MR) is 116 cm³/mol. The number of amides is 1. The van der Waals surface area contributed by atoms with Crippen LogP contribution in [0.15, 0.2) is 18.2 Å². The van der Waals surface area contributed by atoms with Gasteiger partial charge in [0.15, 0.2) is 6.10 Å². The fourth-order valence-corrected chi connectivity index (χ4v) is 4.36. The molecule has 1 aromatic heterocycles. The van der Waals surface area contributed by atoms with Gasteiger partial charge >= 0.3 is 5.97 Å². The summed E-state index contributed by atoms with van der Waals surface area (Å²) in [5, 5.41) is 0.974. The Kier molecular flexibility index (Phi) is 7.10. The van der Waals surface area contributed by atoms with E-state index in [0.717, 1.165) is 21.1 Å². The van der Waals surface area contributed by atoms with Gasteiger partial charge in [0.2, 0.25) is 0 Å². The molecule has 3 rings (SSSR count). The van der Waals surface area contributed by atoms with Gasteiger partial charge in [0, 0.05) is 17.0 Å². The van der Waals surface area contributed by atoms with Crippen molar-refractivity contribution in [3.63, 3.8) is 0 Å². The standard InChI is InChI=1S/C22H28N2O5S/c1-6-17(22(26)28-11-10-27-7-2)24-18-12-16(20-14(4)30-15(5)23-20)8-9-19(18)29-13(3)21(24)25/h8-9,12-13,17H,6-7,10-11H2,1-5H3. The van der Waals surface area contributed by atoms with Crippen LogP contribution in [0.25, 0.3) is 11.3 Å². The van der Waals surface area contributed by atoms with Gasteiger partial charge in [-0.1, -0.05) is 6.92 Å². The smallest absolute Gasteiger partial charge is 0.329 e. The topological polar surface area (TPSA) is 78.0 Å². The highest BCUT2D eigenvalue weighted by atomic mass is 32.1. The van der Waals surface area contributed by atoms with Crippen LogP contribution in [0.1, 0.15) is 37.1 Å². The quantitative estimate of drug-likeness (QED) is 0.465. The minimum Gasteiger partial charge on any atom is -0.479 e. The molecule has 1 aromatic carbocycles. The van der Waals surface area contributed by atoms with Crippen LogP contribution >= 0.6 is 11.3 Å². The molecule has 0 fully saturated rings. The number of fused-ring (bicyclic) bond motifs is 1. The molecule has 1 aliphatic heterocycles. The lowest BCUT2D eigenvalue weighted by molar-refractivity contribution is -0.148. The van der Waals surface area contributed by atoms with Crippen LogP contribution in [0.4, 0.5) is 5.69 Å². The Morgan fingerprint density at radius 3 is 2.70 bits per heavy atom. The van der Waals surface area contributed by atoms with Crippen molar-refractivity contribution in [2.45, 2.75) is 53.2 Å². The van der Waals surface area contributed by atoms with Gasteiger partial charge in [0.25, 0.3) is 5.91 Å². The number of rotatable bonds is 8. The van der Waals surface area contributed by atoms with E-state index in [4.69, 9.17) is 14.2 Å². The Morgan fingerprint density at radius 1 is 1.30 bits per heavy atom. The number of aromatic nitrogens is 1. The van der Waals surface area contributed by atoms with Crippen molar-refractivity contribution < 1.29 is 23.8 Å². The van der Waals surface area contributed by atoms with E-state index in [1.54, 1.807) is 18.3 Å². The molecular weight excluding hydrogens is 404 g/mol. The lowest BCUT2D eigenvalue weighted by atomic mass is 10.0. The SMILES string of the molecule is CCOCCOC(=O)C(CC)N1C(=O)C(C)Oc2ccc(-c3nc(C)sc3C)cc21. The summed E-state index contributed by atoms with van der Waals surface area (Å²) in [5.74, 6) is -0.146. The molecule has 1 aliphatic rings. The number of carbonyl (C=O) groups is 2. The Bertz CT molecular complexity index is 926. The van der Waals surface area contributed by atoms with E-state index in [2.05, 4.69) is 4.98 Å². The summed E-state index contributed by atoms with van der Waals surface area (Å²) < 4.78 is 16.4. The highest BCUT2D eigenvalue weighted by Crippen LogP contribution is 2.40. The van der Waals surface area contributed by atoms with Gasteiger partial charge in [0.05, 0.1) is 23.0 Å². The number of anilines is 1. The monoisotopic (exact) mass is 432 g/mol. The van der Waals surface area contributed by atoms with Gasteiger partial charge in [-0.05, 0) is 52.3 Å². The van der Waals surface area contributed by atoms with E-state index in [1.807, 2.05) is 45.9 Å². The Hall–Kier alpha value is -2.45. The molecule has 7 nitrogen and oxygen atoms in total. The summed E-state index contributed by atoms with van der Waals surface area (Å²) in [6, 6.07) is 4.90. The normalized spacial score (nSPS) is 16.8. The second kappa shape index (κ2) is 9.57. The maximum Gasteiger partial charge on any atom is 0.329 e. The number of nitrogens with zero attached hydrogens (tertiary/aromatic N) is 2. The molecule has 2 aromatic rings. The molecule has 0 radical (unpaired) electrons. The van der Waals surface area contributed by atoms with E-state index in [0.29, 0.717) is 31.1 Å². The minimum absolute atomic E-state index is 0.154. The largest absolute Gasteiger partial charge is 0.479 e. The zero-order valence-corrected chi connectivity index (χ0v) is 18.9. The van der Waals surface area contributed by atoms with Gasteiger partial charge in [-0.25, -0.2) is 9.78 Å². The molecule has 1 amide bonds. The molecule has 0 aliphatic carbocycles. The van der Waals surface area contributed by atoms with Crippen molar-refractivity contribution in [2.24, 2.45) is 0 Å². The van der Waals surface area contributed by atoms with E-state index in [9.17, 15) is 9.59 Å². The fourth-order valence-electron chi connectivity index (χ4n) is 3.52. The summed E-state index contributed by atoms with van der Waals surface area (Å²) in [6.07, 6.45) is -0.262. The van der Waals surface area contributed by atoms with Gasteiger partial charge in [-0.3, -0.25) is 9.69 Å². The predicted octanol–water partition coefficient (Wildman–Crippen LogP) is 3.90. The summed E-state index contributed by atoms with van der Waals surface area (Å²) in [4.78, 5) is 33.1. The number of thiazole rings is 1. The summed E-state index contributed by atoms with van der Waals surface area (Å²) in [7, 11) is 0. The summed E-state index contributed by atoms with van der Waals surface area (Å²) >= 11 is 1.62. The van der Waals surface area contributed by atoms with E-state index in [-0.39, 0.29) is 12.5 Å². The number of carbonyl (C=O) groups excluding carboxylic acids is 2. The first-order valence-electron chi connectivity index (χ1n) is 10.2. The van der Waals surface area contributed by atoms with Crippen molar-refractivity contribution in [3.05, 3.63) is 28.1 Å². The first-order valence-corrected chi connectivity index (χ1v) is 11.0. The third-order valence-corrected chi connectivity index (χ3v) is 5.82. The lowest BCUT2D eigenvalue weighted by Gasteiger charge is -2.37. The lowest BCUT2D eigenvalue weighted by Crippen LogP contribution is -2.53. The van der Waals surface area contributed by atoms with Crippen LogP contribution in [0, 0.1) is 13.8 Å². The van der Waals surface area contributed by atoms with E-state index >= 15 is 0 Å². The second-order valence-corrected chi connectivity index (χ2v) is 8.48.